The number of hydrogen-bond acceptors (Lipinski definition) is 6. The van der Waals surface area contributed by atoms with Gasteiger partial charge < -0.3 is 14.5 Å². The Kier molecular flexibility index (Phi) is 4.87. The lowest BCUT2D eigenvalue weighted by Gasteiger charge is -2.11. The van der Waals surface area contributed by atoms with Crippen molar-refractivity contribution >= 4 is 54.6 Å². The minimum Gasteiger partial charge on any atom is -0.493 e. The first-order valence-corrected chi connectivity index (χ1v) is 11.0. The fourth-order valence-electron chi connectivity index (χ4n) is 3.61. The second kappa shape index (κ2) is 7.08. The van der Waals surface area contributed by atoms with Gasteiger partial charge >= 0.3 is 0 Å². The lowest BCUT2D eigenvalue weighted by molar-refractivity contribution is 0.404. The van der Waals surface area contributed by atoms with Crippen molar-refractivity contribution in [2.75, 3.05) is 13.7 Å². The smallest absolute Gasteiger partial charge is 0.206 e. The Morgan fingerprint density at radius 2 is 2.00 bits per heavy atom. The molecule has 1 aliphatic rings. The van der Waals surface area contributed by atoms with Crippen LogP contribution < -0.4 is 10.1 Å². The highest BCUT2D eigenvalue weighted by molar-refractivity contribution is 7.91. The predicted octanol–water partition coefficient (Wildman–Crippen LogP) is 4.56. The van der Waals surface area contributed by atoms with Gasteiger partial charge in [0, 0.05) is 41.2 Å². The molecule has 0 saturated carbocycles. The maximum absolute atomic E-state index is 13.3. The molecule has 2 aromatic carbocycles. The van der Waals surface area contributed by atoms with Gasteiger partial charge in [-0.25, -0.2) is 8.42 Å². The number of sulfone groups is 1. The van der Waals surface area contributed by atoms with Gasteiger partial charge in [0.1, 0.15) is 5.76 Å². The molecule has 28 heavy (non-hydrogen) atoms. The molecule has 1 aliphatic heterocycles. The van der Waals surface area contributed by atoms with Crippen molar-refractivity contribution < 1.29 is 17.6 Å². The van der Waals surface area contributed by atoms with Crippen molar-refractivity contribution in [2.45, 2.75) is 22.8 Å². The first kappa shape index (κ1) is 19.3. The summed E-state index contributed by atoms with van der Waals surface area (Å²) in [6.45, 7) is 1.51. The predicted molar refractivity (Wildman–Crippen MR) is 113 cm³/mol. The molecule has 0 unspecified atom stereocenters. The summed E-state index contributed by atoms with van der Waals surface area (Å²) in [7, 11) is -2.14. The van der Waals surface area contributed by atoms with Crippen LogP contribution in [0.5, 0.6) is 5.75 Å². The average molecular weight is 436 g/mol. The number of nitrogens with one attached hydrogen (secondary N) is 1. The summed E-state index contributed by atoms with van der Waals surface area (Å²) in [6, 6.07) is 10.4. The van der Waals surface area contributed by atoms with Gasteiger partial charge in [-0.05, 0) is 41.1 Å². The van der Waals surface area contributed by atoms with E-state index in [0.29, 0.717) is 17.9 Å². The molecular weight excluding hydrogens is 418 g/mol. The van der Waals surface area contributed by atoms with Gasteiger partial charge in [0.15, 0.2) is 11.3 Å². The van der Waals surface area contributed by atoms with E-state index in [9.17, 15) is 8.42 Å². The monoisotopic (exact) mass is 435 g/mol. The Bertz CT molecular complexity index is 1290. The molecule has 2 aromatic heterocycles. The largest absolute Gasteiger partial charge is 0.493 e. The molecule has 0 radical (unpaired) electrons. The van der Waals surface area contributed by atoms with Gasteiger partial charge in [0.05, 0.1) is 16.9 Å². The van der Waals surface area contributed by atoms with E-state index in [-0.39, 0.29) is 22.2 Å². The van der Waals surface area contributed by atoms with Crippen LogP contribution in [0.25, 0.3) is 21.1 Å². The van der Waals surface area contributed by atoms with Crippen LogP contribution in [0.15, 0.2) is 56.0 Å². The Balaban J connectivity index is 0.00000192. The van der Waals surface area contributed by atoms with Gasteiger partial charge in [-0.1, -0.05) is 0 Å². The fraction of sp³-hybridized carbons (Fsp3) is 0.200. The Hall–Kier alpha value is -2.06. The minimum atomic E-state index is -3.67. The van der Waals surface area contributed by atoms with Gasteiger partial charge in [-0.15, -0.1) is 23.7 Å². The number of hydrogen-bond donors (Lipinski definition) is 1. The Labute approximate surface area is 172 Å². The summed E-state index contributed by atoms with van der Waals surface area (Å²) in [6.07, 6.45) is 0.782. The highest BCUT2D eigenvalue weighted by Crippen LogP contribution is 2.38. The topological polar surface area (TPSA) is 68.5 Å². The Morgan fingerprint density at radius 3 is 2.82 bits per heavy atom. The molecule has 0 saturated heterocycles. The number of furan rings is 1. The standard InChI is InChI=1S/C20H17NO4S2.ClH/c1-24-18-10-14(9-15-16-11-21-6-4-17(16)25-20(15)18)27(22,23)13-2-3-19-12(8-13)5-7-26-19;/h2-3,5,7-10,21H,4,6,11H2,1H3;1H. The number of halogens is 1. The SMILES string of the molecule is COc1cc(S(=O)(=O)c2ccc3sccc3c2)cc2c3c(oc12)CCNC3.Cl. The number of fused-ring (bicyclic) bond motifs is 4. The quantitative estimate of drug-likeness (QED) is 0.511. The van der Waals surface area contributed by atoms with E-state index < -0.39 is 9.84 Å². The lowest BCUT2D eigenvalue weighted by atomic mass is 10.1. The first-order valence-electron chi connectivity index (χ1n) is 8.63. The second-order valence-corrected chi connectivity index (χ2v) is 9.45. The zero-order valence-electron chi connectivity index (χ0n) is 15.0. The maximum atomic E-state index is 13.3. The van der Waals surface area contributed by atoms with Crippen molar-refractivity contribution in [3.8, 4) is 5.75 Å². The van der Waals surface area contributed by atoms with Gasteiger partial charge in [0.2, 0.25) is 9.84 Å². The van der Waals surface area contributed by atoms with E-state index in [0.717, 1.165) is 39.8 Å². The van der Waals surface area contributed by atoms with Crippen molar-refractivity contribution in [1.82, 2.24) is 5.32 Å². The second-order valence-electron chi connectivity index (χ2n) is 6.56. The molecule has 5 nitrogen and oxygen atoms in total. The van der Waals surface area contributed by atoms with Crippen LogP contribution in [0.3, 0.4) is 0 Å². The summed E-state index contributed by atoms with van der Waals surface area (Å²) >= 11 is 1.59. The molecule has 8 heteroatoms. The van der Waals surface area contributed by atoms with Gasteiger partial charge in [-0.3, -0.25) is 0 Å². The zero-order chi connectivity index (χ0) is 18.6. The van der Waals surface area contributed by atoms with E-state index in [4.69, 9.17) is 9.15 Å². The van der Waals surface area contributed by atoms with Crippen molar-refractivity contribution in [1.29, 1.82) is 0 Å². The molecule has 0 fully saturated rings. The molecule has 146 valence electrons. The number of methoxy groups -OCH3 is 1. The van der Waals surface area contributed by atoms with E-state index in [1.165, 1.54) is 7.11 Å². The van der Waals surface area contributed by atoms with Crippen LogP contribution in [0.4, 0.5) is 0 Å². The zero-order valence-corrected chi connectivity index (χ0v) is 17.5. The summed E-state index contributed by atoms with van der Waals surface area (Å²) in [4.78, 5) is 0.501. The van der Waals surface area contributed by atoms with E-state index >= 15 is 0 Å². The molecule has 1 N–H and O–H groups in total. The highest BCUT2D eigenvalue weighted by atomic mass is 35.5. The number of benzene rings is 2. The lowest BCUT2D eigenvalue weighted by Crippen LogP contribution is -2.22. The Morgan fingerprint density at radius 1 is 1.14 bits per heavy atom. The van der Waals surface area contributed by atoms with Crippen LogP contribution >= 0.6 is 23.7 Å². The highest BCUT2D eigenvalue weighted by Gasteiger charge is 2.25. The fourth-order valence-corrected chi connectivity index (χ4v) is 5.71. The molecule has 0 spiro atoms. The molecule has 0 bridgehead atoms. The van der Waals surface area contributed by atoms with E-state index in [1.54, 1.807) is 35.6 Å². The molecule has 5 rings (SSSR count). The molecule has 0 amide bonds. The molecule has 0 aliphatic carbocycles. The molecule has 0 atom stereocenters. The third-order valence-electron chi connectivity index (χ3n) is 5.01. The molecular formula is C20H18ClNO4S2. The minimum absolute atomic E-state index is 0. The molecule has 4 aromatic rings. The summed E-state index contributed by atoms with van der Waals surface area (Å²) < 4.78 is 39.1. The van der Waals surface area contributed by atoms with Crippen LogP contribution in [-0.4, -0.2) is 22.1 Å². The summed E-state index contributed by atoms with van der Waals surface area (Å²) in [5, 5.41) is 7.00. The van der Waals surface area contributed by atoms with Crippen LogP contribution in [0.1, 0.15) is 11.3 Å². The maximum Gasteiger partial charge on any atom is 0.206 e. The average Bonchev–Trinajstić information content (AvgIpc) is 3.30. The van der Waals surface area contributed by atoms with E-state index in [2.05, 4.69) is 5.32 Å². The summed E-state index contributed by atoms with van der Waals surface area (Å²) in [5.74, 6) is 1.34. The van der Waals surface area contributed by atoms with Crippen molar-refractivity contribution in [3.63, 3.8) is 0 Å². The van der Waals surface area contributed by atoms with Gasteiger partial charge in [0.25, 0.3) is 0 Å². The van der Waals surface area contributed by atoms with Crippen molar-refractivity contribution in [3.05, 3.63) is 53.1 Å². The third-order valence-corrected chi connectivity index (χ3v) is 7.64. The molecule has 3 heterocycles. The van der Waals surface area contributed by atoms with Crippen LogP contribution in [-0.2, 0) is 22.8 Å². The number of rotatable bonds is 3. The number of ether oxygens (including phenoxy) is 1. The number of thiophene rings is 1. The first-order chi connectivity index (χ1) is 13.1. The van der Waals surface area contributed by atoms with E-state index in [1.807, 2.05) is 17.5 Å². The van der Waals surface area contributed by atoms with Crippen LogP contribution in [0, 0.1) is 0 Å². The van der Waals surface area contributed by atoms with Crippen LogP contribution in [0.2, 0.25) is 0 Å². The normalized spacial score (nSPS) is 14.0. The summed E-state index contributed by atoms with van der Waals surface area (Å²) in [5.41, 5.74) is 1.62. The third kappa shape index (κ3) is 2.90. The van der Waals surface area contributed by atoms with Gasteiger partial charge in [-0.2, -0.15) is 0 Å². The van der Waals surface area contributed by atoms with Crippen molar-refractivity contribution in [2.24, 2.45) is 0 Å².